The van der Waals surface area contributed by atoms with Gasteiger partial charge in [-0.1, -0.05) is 12.1 Å². The Morgan fingerprint density at radius 2 is 2.12 bits per heavy atom. The second kappa shape index (κ2) is 7.21. The van der Waals surface area contributed by atoms with Gasteiger partial charge in [-0.15, -0.1) is 0 Å². The minimum Gasteiger partial charge on any atom is -0.492 e. The summed E-state index contributed by atoms with van der Waals surface area (Å²) in [4.78, 5) is 28.7. The molecule has 0 aliphatic carbocycles. The number of nitrogens with two attached hydrogens (primary N) is 1. The molecule has 2 heterocycles. The van der Waals surface area contributed by atoms with Gasteiger partial charge in [0.1, 0.15) is 5.75 Å². The van der Waals surface area contributed by atoms with E-state index in [1.807, 2.05) is 36.1 Å². The number of rotatable bonds is 5. The maximum Gasteiger partial charge on any atom is 0.228 e. The van der Waals surface area contributed by atoms with Gasteiger partial charge < -0.3 is 20.3 Å². The largest absolute Gasteiger partial charge is 0.492 e. The Morgan fingerprint density at radius 3 is 2.83 bits per heavy atom. The Labute approximate surface area is 142 Å². The third-order valence-corrected chi connectivity index (χ3v) is 4.86. The minimum absolute atomic E-state index is 0.0184. The highest BCUT2D eigenvalue weighted by Crippen LogP contribution is 2.34. The number of ether oxygens (including phenoxy) is 1. The van der Waals surface area contributed by atoms with Crippen LogP contribution in [0.25, 0.3) is 0 Å². The summed E-state index contributed by atoms with van der Waals surface area (Å²) in [7, 11) is 0. The normalized spacial score (nSPS) is 23.8. The summed E-state index contributed by atoms with van der Waals surface area (Å²) in [5.41, 5.74) is 6.45. The van der Waals surface area contributed by atoms with Crippen LogP contribution in [0, 0.1) is 11.8 Å². The number of benzene rings is 1. The molecule has 2 atom stereocenters. The first-order chi connectivity index (χ1) is 11.6. The van der Waals surface area contributed by atoms with Crippen LogP contribution in [0.4, 0.5) is 5.69 Å². The molecule has 2 N–H and O–H groups in total. The molecule has 0 saturated carbocycles. The molecular weight excluding hydrogens is 306 g/mol. The highest BCUT2D eigenvalue weighted by Gasteiger charge is 2.39. The first-order valence-corrected chi connectivity index (χ1v) is 8.65. The van der Waals surface area contributed by atoms with Crippen molar-refractivity contribution in [1.82, 2.24) is 4.90 Å². The Balaban J connectivity index is 1.71. The molecule has 2 saturated heterocycles. The SMILES string of the molecule is CCOc1ccccc1N1CC(C(=O)N2CCC(CN)C2)CC1=O. The molecule has 2 aliphatic heterocycles. The van der Waals surface area contributed by atoms with E-state index < -0.39 is 0 Å². The summed E-state index contributed by atoms with van der Waals surface area (Å²) in [5, 5.41) is 0. The summed E-state index contributed by atoms with van der Waals surface area (Å²) in [6, 6.07) is 7.49. The lowest BCUT2D eigenvalue weighted by molar-refractivity contribution is -0.134. The molecule has 6 nitrogen and oxygen atoms in total. The van der Waals surface area contributed by atoms with Gasteiger partial charge in [0, 0.05) is 26.1 Å². The van der Waals surface area contributed by atoms with Crippen LogP contribution in [0.1, 0.15) is 19.8 Å². The zero-order chi connectivity index (χ0) is 17.1. The van der Waals surface area contributed by atoms with E-state index in [0.29, 0.717) is 31.4 Å². The van der Waals surface area contributed by atoms with Gasteiger partial charge >= 0.3 is 0 Å². The van der Waals surface area contributed by atoms with E-state index in [1.54, 1.807) is 4.90 Å². The second-order valence-electron chi connectivity index (χ2n) is 6.48. The van der Waals surface area contributed by atoms with Crippen molar-refractivity contribution in [3.05, 3.63) is 24.3 Å². The molecule has 1 aromatic carbocycles. The van der Waals surface area contributed by atoms with E-state index in [-0.39, 0.29) is 24.2 Å². The Bertz CT molecular complexity index is 619. The van der Waals surface area contributed by atoms with E-state index in [1.165, 1.54) is 0 Å². The van der Waals surface area contributed by atoms with Crippen molar-refractivity contribution < 1.29 is 14.3 Å². The van der Waals surface area contributed by atoms with Gasteiger partial charge in [0.2, 0.25) is 11.8 Å². The summed E-state index contributed by atoms with van der Waals surface area (Å²) >= 11 is 0. The van der Waals surface area contributed by atoms with Crippen molar-refractivity contribution in [3.63, 3.8) is 0 Å². The third kappa shape index (κ3) is 3.24. The Morgan fingerprint density at radius 1 is 1.33 bits per heavy atom. The number of anilines is 1. The Kier molecular flexibility index (Phi) is 5.04. The van der Waals surface area contributed by atoms with Gasteiger partial charge in [0.05, 0.1) is 18.2 Å². The summed E-state index contributed by atoms with van der Waals surface area (Å²) in [6.07, 6.45) is 1.23. The number of hydrogen-bond acceptors (Lipinski definition) is 4. The number of carbonyl (C=O) groups is 2. The molecule has 0 bridgehead atoms. The average molecular weight is 331 g/mol. The molecule has 0 aromatic heterocycles. The monoisotopic (exact) mass is 331 g/mol. The molecule has 24 heavy (non-hydrogen) atoms. The van der Waals surface area contributed by atoms with Crippen molar-refractivity contribution in [1.29, 1.82) is 0 Å². The van der Waals surface area contributed by atoms with E-state index in [4.69, 9.17) is 10.5 Å². The zero-order valence-electron chi connectivity index (χ0n) is 14.1. The molecule has 6 heteroatoms. The zero-order valence-corrected chi connectivity index (χ0v) is 14.1. The molecular formula is C18H25N3O3. The molecule has 130 valence electrons. The predicted molar refractivity (Wildman–Crippen MR) is 91.8 cm³/mol. The number of nitrogens with zero attached hydrogens (tertiary/aromatic N) is 2. The van der Waals surface area contributed by atoms with Crippen molar-refractivity contribution >= 4 is 17.5 Å². The molecule has 3 rings (SSSR count). The second-order valence-corrected chi connectivity index (χ2v) is 6.48. The molecule has 0 radical (unpaired) electrons. The van der Waals surface area contributed by atoms with E-state index in [2.05, 4.69) is 0 Å². The number of carbonyl (C=O) groups excluding carboxylic acids is 2. The van der Waals surface area contributed by atoms with Gasteiger partial charge in [-0.05, 0) is 37.9 Å². The lowest BCUT2D eigenvalue weighted by Crippen LogP contribution is -2.36. The van der Waals surface area contributed by atoms with Gasteiger partial charge in [0.15, 0.2) is 0 Å². The molecule has 0 spiro atoms. The van der Waals surface area contributed by atoms with Crippen LogP contribution in [-0.4, -0.2) is 49.5 Å². The summed E-state index contributed by atoms with van der Waals surface area (Å²) < 4.78 is 5.62. The summed E-state index contributed by atoms with van der Waals surface area (Å²) in [5.74, 6) is 0.862. The topological polar surface area (TPSA) is 75.9 Å². The van der Waals surface area contributed by atoms with E-state index >= 15 is 0 Å². The number of amides is 2. The smallest absolute Gasteiger partial charge is 0.228 e. The molecule has 2 aliphatic rings. The predicted octanol–water partition coefficient (Wildman–Crippen LogP) is 1.25. The number of likely N-dealkylation sites (tertiary alicyclic amines) is 1. The molecule has 1 aromatic rings. The fraction of sp³-hybridized carbons (Fsp3) is 0.556. The fourth-order valence-electron chi connectivity index (χ4n) is 3.55. The van der Waals surface area contributed by atoms with Gasteiger partial charge in [-0.3, -0.25) is 9.59 Å². The van der Waals surface area contributed by atoms with Crippen LogP contribution >= 0.6 is 0 Å². The first-order valence-electron chi connectivity index (χ1n) is 8.65. The van der Waals surface area contributed by atoms with Crippen molar-refractivity contribution in [2.24, 2.45) is 17.6 Å². The van der Waals surface area contributed by atoms with E-state index in [9.17, 15) is 9.59 Å². The Hall–Kier alpha value is -2.08. The fourth-order valence-corrected chi connectivity index (χ4v) is 3.55. The van der Waals surface area contributed by atoms with Crippen molar-refractivity contribution in [3.8, 4) is 5.75 Å². The van der Waals surface area contributed by atoms with Gasteiger partial charge in [0.25, 0.3) is 0 Å². The van der Waals surface area contributed by atoms with Crippen LogP contribution in [0.2, 0.25) is 0 Å². The van der Waals surface area contributed by atoms with Crippen LogP contribution in [0.5, 0.6) is 5.75 Å². The van der Waals surface area contributed by atoms with Crippen molar-refractivity contribution in [2.75, 3.05) is 37.7 Å². The standard InChI is InChI=1S/C18H25N3O3/c1-2-24-16-6-4-3-5-15(16)21-12-14(9-17(21)22)18(23)20-8-7-13(10-19)11-20/h3-6,13-14H,2,7-12,19H2,1H3. The average Bonchev–Trinajstić information content (AvgIpc) is 3.22. The van der Waals surface area contributed by atoms with Crippen molar-refractivity contribution in [2.45, 2.75) is 19.8 Å². The maximum absolute atomic E-state index is 12.7. The molecule has 2 unspecified atom stereocenters. The number of hydrogen-bond donors (Lipinski definition) is 1. The van der Waals surface area contributed by atoms with Gasteiger partial charge in [-0.25, -0.2) is 0 Å². The van der Waals surface area contributed by atoms with E-state index in [0.717, 1.165) is 25.2 Å². The van der Waals surface area contributed by atoms with Crippen LogP contribution in [-0.2, 0) is 9.59 Å². The lowest BCUT2D eigenvalue weighted by atomic mass is 10.1. The lowest BCUT2D eigenvalue weighted by Gasteiger charge is -2.22. The van der Waals surface area contributed by atoms with Crippen LogP contribution < -0.4 is 15.4 Å². The quantitative estimate of drug-likeness (QED) is 0.881. The van der Waals surface area contributed by atoms with Crippen LogP contribution in [0.3, 0.4) is 0 Å². The summed E-state index contributed by atoms with van der Waals surface area (Å²) in [6.45, 7) is 4.95. The highest BCUT2D eigenvalue weighted by molar-refractivity contribution is 6.01. The highest BCUT2D eigenvalue weighted by atomic mass is 16.5. The number of para-hydroxylation sites is 2. The minimum atomic E-state index is -0.274. The third-order valence-electron chi connectivity index (χ3n) is 4.86. The molecule has 2 fully saturated rings. The molecule has 2 amide bonds. The van der Waals surface area contributed by atoms with Crippen LogP contribution in [0.15, 0.2) is 24.3 Å². The maximum atomic E-state index is 12.7. The van der Waals surface area contributed by atoms with Gasteiger partial charge in [-0.2, -0.15) is 0 Å². The first kappa shape index (κ1) is 16.8.